The molecule has 0 saturated carbocycles. The molecule has 2 N–H and O–H groups in total. The van der Waals surface area contributed by atoms with Crippen LogP contribution >= 0.6 is 0 Å². The van der Waals surface area contributed by atoms with E-state index in [1.165, 1.54) is 11.5 Å². The number of hydrogen-bond donors (Lipinski definition) is 2. The number of benzene rings is 1. The van der Waals surface area contributed by atoms with Crippen molar-refractivity contribution in [1.82, 2.24) is 10.4 Å². The fraction of sp³-hybridized carbons (Fsp3) is 0.417. The van der Waals surface area contributed by atoms with Crippen LogP contribution in [0.3, 0.4) is 0 Å². The third-order valence-corrected chi connectivity index (χ3v) is 3.65. The van der Waals surface area contributed by atoms with E-state index in [1.807, 2.05) is 0 Å². The summed E-state index contributed by atoms with van der Waals surface area (Å²) in [7, 11) is 0. The van der Waals surface area contributed by atoms with Crippen molar-refractivity contribution < 1.29 is 14.4 Å². The van der Waals surface area contributed by atoms with Crippen LogP contribution < -0.4 is 5.48 Å². The van der Waals surface area contributed by atoms with Gasteiger partial charge >= 0.3 is 0 Å². The maximum absolute atomic E-state index is 14.0. The minimum atomic E-state index is -0.668. The first-order valence-corrected chi connectivity index (χ1v) is 5.71. The van der Waals surface area contributed by atoms with E-state index in [4.69, 9.17) is 5.21 Å². The first kappa shape index (κ1) is 10.7. The van der Waals surface area contributed by atoms with Crippen LogP contribution in [0.4, 0.5) is 4.39 Å². The lowest BCUT2D eigenvalue weighted by molar-refractivity contribution is 0.0706. The molecule has 1 amide bonds. The van der Waals surface area contributed by atoms with Crippen LogP contribution in [0.15, 0.2) is 12.1 Å². The third kappa shape index (κ3) is 1.54. The quantitative estimate of drug-likeness (QED) is 0.575. The monoisotopic (exact) mass is 236 g/mol. The summed E-state index contributed by atoms with van der Waals surface area (Å²) in [6, 6.07) is 3.05. The van der Waals surface area contributed by atoms with Gasteiger partial charge in [0, 0.05) is 23.7 Å². The van der Waals surface area contributed by atoms with Gasteiger partial charge in [0.25, 0.3) is 5.91 Å². The first-order chi connectivity index (χ1) is 8.20. The van der Waals surface area contributed by atoms with Gasteiger partial charge in [-0.2, -0.15) is 0 Å². The van der Waals surface area contributed by atoms with E-state index in [0.29, 0.717) is 6.54 Å². The van der Waals surface area contributed by atoms with E-state index in [0.717, 1.165) is 30.5 Å². The predicted molar refractivity (Wildman–Crippen MR) is 58.0 cm³/mol. The summed E-state index contributed by atoms with van der Waals surface area (Å²) in [6.45, 7) is 1.68. The molecule has 0 radical (unpaired) electrons. The zero-order valence-electron chi connectivity index (χ0n) is 9.24. The minimum absolute atomic E-state index is 0.171. The minimum Gasteiger partial charge on any atom is -0.292 e. The van der Waals surface area contributed by atoms with Crippen LogP contribution in [0.2, 0.25) is 0 Å². The van der Waals surface area contributed by atoms with E-state index < -0.39 is 5.91 Å². The molecular formula is C12H13FN2O2. The maximum Gasteiger partial charge on any atom is 0.274 e. The van der Waals surface area contributed by atoms with Gasteiger partial charge in [-0.3, -0.25) is 14.9 Å². The summed E-state index contributed by atoms with van der Waals surface area (Å²) in [5.41, 5.74) is 3.30. The highest BCUT2D eigenvalue weighted by Crippen LogP contribution is 2.42. The Balaban J connectivity index is 2.05. The van der Waals surface area contributed by atoms with Gasteiger partial charge in [0.1, 0.15) is 5.82 Å². The van der Waals surface area contributed by atoms with Gasteiger partial charge in [0.05, 0.1) is 0 Å². The van der Waals surface area contributed by atoms with E-state index >= 15 is 0 Å². The van der Waals surface area contributed by atoms with E-state index in [2.05, 4.69) is 4.90 Å². The van der Waals surface area contributed by atoms with E-state index in [1.54, 1.807) is 6.07 Å². The number of hydrogen-bond acceptors (Lipinski definition) is 3. The number of fused-ring (bicyclic) bond motifs is 3. The molecule has 1 fully saturated rings. The molecule has 1 atom stereocenters. The molecule has 90 valence electrons. The molecule has 0 spiro atoms. The SMILES string of the molecule is O=C(NO)c1cc(F)c2c(c1)CN1CCC[C@@H]21. The van der Waals surface area contributed by atoms with Gasteiger partial charge in [-0.05, 0) is 37.1 Å². The molecule has 0 aromatic heterocycles. The van der Waals surface area contributed by atoms with Gasteiger partial charge in [-0.25, -0.2) is 9.87 Å². The molecule has 1 saturated heterocycles. The van der Waals surface area contributed by atoms with Crippen LogP contribution in [0.25, 0.3) is 0 Å². The van der Waals surface area contributed by atoms with Gasteiger partial charge < -0.3 is 0 Å². The molecule has 2 heterocycles. The van der Waals surface area contributed by atoms with Crippen molar-refractivity contribution in [3.05, 3.63) is 34.6 Å². The summed E-state index contributed by atoms with van der Waals surface area (Å²) in [5.74, 6) is -1.01. The van der Waals surface area contributed by atoms with Gasteiger partial charge in [0.2, 0.25) is 0 Å². The van der Waals surface area contributed by atoms with Crippen molar-refractivity contribution in [1.29, 1.82) is 0 Å². The van der Waals surface area contributed by atoms with Gasteiger partial charge in [-0.1, -0.05) is 0 Å². The molecule has 4 nitrogen and oxygen atoms in total. The Bertz CT molecular complexity index is 490. The predicted octanol–water partition coefficient (Wildman–Crippen LogP) is 1.60. The highest BCUT2D eigenvalue weighted by Gasteiger charge is 2.36. The number of halogens is 1. The Labute approximate surface area is 98.0 Å². The van der Waals surface area contributed by atoms with E-state index in [9.17, 15) is 9.18 Å². The number of amides is 1. The Morgan fingerprint density at radius 2 is 2.35 bits per heavy atom. The van der Waals surface area contributed by atoms with Crippen LogP contribution in [0.5, 0.6) is 0 Å². The lowest BCUT2D eigenvalue weighted by Gasteiger charge is -2.14. The lowest BCUT2D eigenvalue weighted by Crippen LogP contribution is -2.19. The first-order valence-electron chi connectivity index (χ1n) is 5.71. The number of carbonyl (C=O) groups excluding carboxylic acids is 1. The highest BCUT2D eigenvalue weighted by atomic mass is 19.1. The molecule has 3 rings (SSSR count). The lowest BCUT2D eigenvalue weighted by atomic mass is 9.99. The summed E-state index contributed by atoms with van der Waals surface area (Å²) in [6.07, 6.45) is 2.08. The fourth-order valence-corrected chi connectivity index (χ4v) is 2.94. The molecule has 1 aromatic rings. The molecule has 0 aliphatic carbocycles. The highest BCUT2D eigenvalue weighted by molar-refractivity contribution is 5.93. The zero-order valence-corrected chi connectivity index (χ0v) is 9.24. The molecular weight excluding hydrogens is 223 g/mol. The molecule has 0 unspecified atom stereocenters. The number of carbonyl (C=O) groups is 1. The average molecular weight is 236 g/mol. The normalized spacial score (nSPS) is 22.4. The summed E-state index contributed by atoms with van der Waals surface area (Å²) < 4.78 is 14.0. The second kappa shape index (κ2) is 3.78. The molecule has 2 aliphatic heterocycles. The van der Waals surface area contributed by atoms with E-state index in [-0.39, 0.29) is 17.4 Å². The molecule has 1 aromatic carbocycles. The number of hydroxylamine groups is 1. The average Bonchev–Trinajstić information content (AvgIpc) is 2.86. The van der Waals surface area contributed by atoms with Crippen LogP contribution in [-0.2, 0) is 6.54 Å². The molecule has 17 heavy (non-hydrogen) atoms. The number of rotatable bonds is 1. The Morgan fingerprint density at radius 1 is 1.53 bits per heavy atom. The zero-order chi connectivity index (χ0) is 12.0. The van der Waals surface area contributed by atoms with Crippen LogP contribution in [-0.4, -0.2) is 22.6 Å². The summed E-state index contributed by atoms with van der Waals surface area (Å²) >= 11 is 0. The second-order valence-corrected chi connectivity index (χ2v) is 4.60. The summed E-state index contributed by atoms with van der Waals surface area (Å²) in [4.78, 5) is 13.5. The third-order valence-electron chi connectivity index (χ3n) is 3.65. The molecule has 2 aliphatic rings. The van der Waals surface area contributed by atoms with Crippen molar-refractivity contribution in [2.24, 2.45) is 0 Å². The smallest absolute Gasteiger partial charge is 0.274 e. The van der Waals surface area contributed by atoms with Crippen molar-refractivity contribution in [2.75, 3.05) is 6.54 Å². The maximum atomic E-state index is 14.0. The Kier molecular flexibility index (Phi) is 2.38. The van der Waals surface area contributed by atoms with Crippen molar-refractivity contribution in [3.63, 3.8) is 0 Å². The van der Waals surface area contributed by atoms with Gasteiger partial charge in [0.15, 0.2) is 0 Å². The topological polar surface area (TPSA) is 52.6 Å². The van der Waals surface area contributed by atoms with Gasteiger partial charge in [-0.15, -0.1) is 0 Å². The van der Waals surface area contributed by atoms with Crippen LogP contribution in [0.1, 0.15) is 40.4 Å². The van der Waals surface area contributed by atoms with Crippen molar-refractivity contribution in [3.8, 4) is 0 Å². The van der Waals surface area contributed by atoms with Crippen molar-refractivity contribution >= 4 is 5.91 Å². The summed E-state index contributed by atoms with van der Waals surface area (Å²) in [5, 5.41) is 8.56. The largest absolute Gasteiger partial charge is 0.292 e. The number of nitrogens with zero attached hydrogens (tertiary/aromatic N) is 1. The van der Waals surface area contributed by atoms with Crippen LogP contribution in [0, 0.1) is 5.82 Å². The molecule has 0 bridgehead atoms. The number of nitrogens with one attached hydrogen (secondary N) is 1. The molecule has 5 heteroatoms. The second-order valence-electron chi connectivity index (χ2n) is 4.60. The Hall–Kier alpha value is -1.46. The van der Waals surface area contributed by atoms with Crippen molar-refractivity contribution in [2.45, 2.75) is 25.4 Å². The fourth-order valence-electron chi connectivity index (χ4n) is 2.94. The Morgan fingerprint density at radius 3 is 3.12 bits per heavy atom. The standard InChI is InChI=1S/C12H13FN2O2/c13-9-5-7(12(16)14-17)4-8-6-15-3-1-2-10(15)11(8)9/h4-5,10,17H,1-3,6H2,(H,14,16)/t10-/m0/s1.